The molecule has 3 rings (SSSR count). The molecule has 2 aliphatic heterocycles. The lowest BCUT2D eigenvalue weighted by atomic mass is 9.83. The molecule has 17 heavy (non-hydrogen) atoms. The summed E-state index contributed by atoms with van der Waals surface area (Å²) in [4.78, 5) is 14.0. The first-order valence-electron chi connectivity index (χ1n) is 5.81. The molecule has 1 aromatic carbocycles. The van der Waals surface area contributed by atoms with Gasteiger partial charge in [-0.05, 0) is 6.07 Å². The number of hydrogen-bond donors (Lipinski definition) is 1. The molecule has 4 heteroatoms. The molecule has 0 aromatic heterocycles. The topological polar surface area (TPSA) is 49.8 Å². The van der Waals surface area contributed by atoms with Gasteiger partial charge in [0.15, 0.2) is 11.9 Å². The van der Waals surface area contributed by atoms with E-state index < -0.39 is 11.9 Å². The van der Waals surface area contributed by atoms with Crippen LogP contribution in [0.5, 0.6) is 0 Å². The maximum absolute atomic E-state index is 12.4. The van der Waals surface area contributed by atoms with E-state index in [-0.39, 0.29) is 11.8 Å². The van der Waals surface area contributed by atoms with Crippen LogP contribution in [0.25, 0.3) is 0 Å². The van der Waals surface area contributed by atoms with Crippen LogP contribution < -0.4 is 4.90 Å². The molecular formula is C13H15NO3. The molecule has 90 valence electrons. The van der Waals surface area contributed by atoms with Crippen molar-refractivity contribution in [3.63, 3.8) is 0 Å². The minimum absolute atomic E-state index is 0.0175. The van der Waals surface area contributed by atoms with E-state index in [2.05, 4.69) is 0 Å². The molecule has 1 fully saturated rings. The molecule has 0 aliphatic carbocycles. The van der Waals surface area contributed by atoms with Crippen molar-refractivity contribution in [3.05, 3.63) is 29.8 Å². The van der Waals surface area contributed by atoms with Crippen LogP contribution in [0.4, 0.5) is 5.69 Å². The summed E-state index contributed by atoms with van der Waals surface area (Å²) in [7, 11) is 1.75. The quantitative estimate of drug-likeness (QED) is 0.733. The summed E-state index contributed by atoms with van der Waals surface area (Å²) >= 11 is 0. The molecule has 1 N–H and O–H groups in total. The molecule has 0 bridgehead atoms. The number of para-hydroxylation sites is 1. The Morgan fingerprint density at radius 2 is 2.18 bits per heavy atom. The fourth-order valence-corrected chi connectivity index (χ4v) is 2.99. The van der Waals surface area contributed by atoms with Gasteiger partial charge < -0.3 is 14.7 Å². The number of aliphatic hydroxyl groups is 1. The first-order valence-corrected chi connectivity index (χ1v) is 5.81. The normalized spacial score (nSPS) is 35.7. The largest absolute Gasteiger partial charge is 0.368 e. The standard InChI is InChI=1S/C13H15NO3/c1-8-7-11(15)17-13(8)9-5-3-4-6-10(9)14(2)12(13)16/h3-6,8,11,15H,7H2,1-2H3/t8-,11?,13?/m1/s1. The van der Waals surface area contributed by atoms with Crippen LogP contribution in [0.1, 0.15) is 18.9 Å². The lowest BCUT2D eigenvalue weighted by Gasteiger charge is -2.26. The lowest BCUT2D eigenvalue weighted by Crippen LogP contribution is -2.42. The Hall–Kier alpha value is -1.39. The van der Waals surface area contributed by atoms with E-state index >= 15 is 0 Å². The second kappa shape index (κ2) is 3.31. The first kappa shape index (κ1) is 10.7. The van der Waals surface area contributed by atoms with Gasteiger partial charge in [0.25, 0.3) is 5.91 Å². The number of amides is 1. The highest BCUT2D eigenvalue weighted by atomic mass is 16.6. The van der Waals surface area contributed by atoms with Gasteiger partial charge in [-0.25, -0.2) is 0 Å². The zero-order valence-corrected chi connectivity index (χ0v) is 9.88. The van der Waals surface area contributed by atoms with Gasteiger partial charge in [0.2, 0.25) is 0 Å². The fourth-order valence-electron chi connectivity index (χ4n) is 2.99. The van der Waals surface area contributed by atoms with Crippen LogP contribution in [-0.4, -0.2) is 24.4 Å². The van der Waals surface area contributed by atoms with Crippen LogP contribution in [0.2, 0.25) is 0 Å². The van der Waals surface area contributed by atoms with Gasteiger partial charge in [-0.15, -0.1) is 0 Å². The predicted octanol–water partition coefficient (Wildman–Crippen LogP) is 1.23. The summed E-state index contributed by atoms with van der Waals surface area (Å²) in [5.74, 6) is -0.0983. The molecule has 1 spiro atoms. The van der Waals surface area contributed by atoms with Crippen molar-refractivity contribution >= 4 is 11.6 Å². The highest BCUT2D eigenvalue weighted by Crippen LogP contribution is 2.51. The third kappa shape index (κ3) is 1.17. The zero-order chi connectivity index (χ0) is 12.2. The Morgan fingerprint density at radius 1 is 1.47 bits per heavy atom. The van der Waals surface area contributed by atoms with Crippen molar-refractivity contribution in [3.8, 4) is 0 Å². The minimum atomic E-state index is -0.981. The molecule has 3 atom stereocenters. The summed E-state index contributed by atoms with van der Waals surface area (Å²) in [6.07, 6.45) is -0.359. The average molecular weight is 233 g/mol. The van der Waals surface area contributed by atoms with Gasteiger partial charge in [0.05, 0.1) is 5.69 Å². The van der Waals surface area contributed by atoms with Crippen molar-refractivity contribution in [2.75, 3.05) is 11.9 Å². The number of rotatable bonds is 0. The number of anilines is 1. The number of benzene rings is 1. The molecule has 4 nitrogen and oxygen atoms in total. The van der Waals surface area contributed by atoms with E-state index in [1.165, 1.54) is 0 Å². The highest BCUT2D eigenvalue weighted by molar-refractivity contribution is 6.07. The SMILES string of the molecule is C[C@@H]1CC(O)OC12C(=O)N(C)c1ccccc12. The maximum Gasteiger partial charge on any atom is 0.264 e. The van der Waals surface area contributed by atoms with Crippen molar-refractivity contribution in [1.29, 1.82) is 0 Å². The van der Waals surface area contributed by atoms with Crippen molar-refractivity contribution in [2.45, 2.75) is 25.2 Å². The third-order valence-electron chi connectivity index (χ3n) is 3.86. The molecule has 2 aliphatic rings. The number of nitrogens with zero attached hydrogens (tertiary/aromatic N) is 1. The van der Waals surface area contributed by atoms with Gasteiger partial charge in [0, 0.05) is 24.9 Å². The van der Waals surface area contributed by atoms with Gasteiger partial charge >= 0.3 is 0 Å². The monoisotopic (exact) mass is 233 g/mol. The van der Waals surface area contributed by atoms with Crippen LogP contribution in [0.15, 0.2) is 24.3 Å². The molecule has 1 saturated heterocycles. The van der Waals surface area contributed by atoms with Gasteiger partial charge in [-0.3, -0.25) is 4.79 Å². The number of ether oxygens (including phenoxy) is 1. The zero-order valence-electron chi connectivity index (χ0n) is 9.88. The Balaban J connectivity index is 2.22. The van der Waals surface area contributed by atoms with Crippen LogP contribution in [-0.2, 0) is 15.1 Å². The number of aliphatic hydroxyl groups excluding tert-OH is 1. The Kier molecular flexibility index (Phi) is 2.09. The molecule has 1 aromatic rings. The van der Waals surface area contributed by atoms with E-state index in [1.807, 2.05) is 31.2 Å². The van der Waals surface area contributed by atoms with Crippen molar-refractivity contribution in [2.24, 2.45) is 5.92 Å². The van der Waals surface area contributed by atoms with Crippen LogP contribution >= 0.6 is 0 Å². The Morgan fingerprint density at radius 3 is 2.82 bits per heavy atom. The number of fused-ring (bicyclic) bond motifs is 2. The third-order valence-corrected chi connectivity index (χ3v) is 3.86. The summed E-state index contributed by atoms with van der Waals surface area (Å²) in [5.41, 5.74) is 0.764. The first-order chi connectivity index (χ1) is 8.07. The lowest BCUT2D eigenvalue weighted by molar-refractivity contribution is -0.166. The Bertz CT molecular complexity index is 487. The van der Waals surface area contributed by atoms with Crippen LogP contribution in [0.3, 0.4) is 0 Å². The van der Waals surface area contributed by atoms with Gasteiger partial charge in [-0.2, -0.15) is 0 Å². The summed E-state index contributed by atoms with van der Waals surface area (Å²) in [6.45, 7) is 1.95. The number of hydrogen-bond acceptors (Lipinski definition) is 3. The summed E-state index contributed by atoms with van der Waals surface area (Å²) in [5, 5.41) is 9.66. The average Bonchev–Trinajstić information content (AvgIpc) is 2.72. The smallest absolute Gasteiger partial charge is 0.264 e. The predicted molar refractivity (Wildman–Crippen MR) is 62.4 cm³/mol. The van der Waals surface area contributed by atoms with Crippen molar-refractivity contribution in [1.82, 2.24) is 0 Å². The molecule has 2 heterocycles. The van der Waals surface area contributed by atoms with Crippen molar-refractivity contribution < 1.29 is 14.6 Å². The molecule has 0 radical (unpaired) electrons. The molecule has 1 amide bonds. The second-order valence-electron chi connectivity index (χ2n) is 4.83. The Labute approximate surface area is 99.8 Å². The van der Waals surface area contributed by atoms with E-state index in [0.29, 0.717) is 6.42 Å². The second-order valence-corrected chi connectivity index (χ2v) is 4.83. The number of carbonyl (C=O) groups excluding carboxylic acids is 1. The maximum atomic E-state index is 12.4. The van der Waals surface area contributed by atoms with E-state index in [4.69, 9.17) is 4.74 Å². The number of carbonyl (C=O) groups is 1. The number of likely N-dealkylation sites (N-methyl/N-ethyl adjacent to an activating group) is 1. The van der Waals surface area contributed by atoms with E-state index in [9.17, 15) is 9.90 Å². The van der Waals surface area contributed by atoms with E-state index in [1.54, 1.807) is 11.9 Å². The fraction of sp³-hybridized carbons (Fsp3) is 0.462. The summed E-state index contributed by atoms with van der Waals surface area (Å²) in [6, 6.07) is 7.61. The minimum Gasteiger partial charge on any atom is -0.368 e. The van der Waals surface area contributed by atoms with Gasteiger partial charge in [-0.1, -0.05) is 25.1 Å². The van der Waals surface area contributed by atoms with Crippen LogP contribution in [0, 0.1) is 5.92 Å². The highest BCUT2D eigenvalue weighted by Gasteiger charge is 2.59. The van der Waals surface area contributed by atoms with E-state index in [0.717, 1.165) is 11.3 Å². The molecule has 2 unspecified atom stereocenters. The molecular weight excluding hydrogens is 218 g/mol. The summed E-state index contributed by atoms with van der Waals surface area (Å²) < 4.78 is 5.60. The van der Waals surface area contributed by atoms with Gasteiger partial charge in [0.1, 0.15) is 0 Å². The molecule has 0 saturated carbocycles.